The van der Waals surface area contributed by atoms with Gasteiger partial charge in [0.15, 0.2) is 5.82 Å². The molecule has 0 saturated carbocycles. The molecule has 0 aromatic carbocycles. The molecule has 0 bridgehead atoms. The molecule has 1 unspecified atom stereocenters. The highest BCUT2D eigenvalue weighted by Gasteiger charge is 2.10. The molecule has 0 aliphatic carbocycles. The summed E-state index contributed by atoms with van der Waals surface area (Å²) >= 11 is 0. The van der Waals surface area contributed by atoms with Crippen molar-refractivity contribution in [1.82, 2.24) is 9.55 Å². The molecular weight excluding hydrogens is 154 g/mol. The zero-order valence-corrected chi connectivity index (χ0v) is 7.23. The predicted molar refractivity (Wildman–Crippen MR) is 48.1 cm³/mol. The van der Waals surface area contributed by atoms with E-state index in [9.17, 15) is 0 Å². The van der Waals surface area contributed by atoms with Crippen LogP contribution >= 0.6 is 0 Å². The molecule has 0 saturated heterocycles. The first-order valence-corrected chi connectivity index (χ1v) is 3.68. The second-order valence-corrected chi connectivity index (χ2v) is 2.63. The van der Waals surface area contributed by atoms with Crippen molar-refractivity contribution in [3.63, 3.8) is 0 Å². The third kappa shape index (κ3) is 1.45. The summed E-state index contributed by atoms with van der Waals surface area (Å²) in [6.45, 7) is 1.86. The van der Waals surface area contributed by atoms with Crippen molar-refractivity contribution in [2.24, 2.45) is 23.5 Å². The predicted octanol–water partition coefficient (Wildman–Crippen LogP) is 0.0583. The molecule has 5 heteroatoms. The number of nitrogens with two attached hydrogens (primary N) is 2. The maximum atomic E-state index is 5.67. The smallest absolute Gasteiger partial charge is 0.158 e. The summed E-state index contributed by atoms with van der Waals surface area (Å²) in [5.74, 6) is 0.715. The van der Waals surface area contributed by atoms with Crippen molar-refractivity contribution in [1.29, 1.82) is 0 Å². The summed E-state index contributed by atoms with van der Waals surface area (Å²) < 4.78 is 1.78. The lowest BCUT2D eigenvalue weighted by Gasteiger charge is -2.02. The Kier molecular flexibility index (Phi) is 2.44. The molecule has 1 aromatic rings. The number of hydrogen-bond acceptors (Lipinski definition) is 3. The van der Waals surface area contributed by atoms with E-state index in [4.69, 9.17) is 11.5 Å². The maximum Gasteiger partial charge on any atom is 0.158 e. The Morgan fingerprint density at radius 2 is 2.42 bits per heavy atom. The first kappa shape index (κ1) is 8.73. The van der Waals surface area contributed by atoms with E-state index < -0.39 is 0 Å². The van der Waals surface area contributed by atoms with Gasteiger partial charge in [-0.2, -0.15) is 0 Å². The van der Waals surface area contributed by atoms with Crippen molar-refractivity contribution < 1.29 is 0 Å². The second-order valence-electron chi connectivity index (χ2n) is 2.63. The molecule has 0 radical (unpaired) electrons. The summed E-state index contributed by atoms with van der Waals surface area (Å²) in [6.07, 6.45) is 2.91. The van der Waals surface area contributed by atoms with Crippen LogP contribution in [0.25, 0.3) is 0 Å². The van der Waals surface area contributed by atoms with E-state index in [1.165, 1.54) is 6.34 Å². The number of aromatic nitrogens is 2. The highest BCUT2D eigenvalue weighted by Crippen LogP contribution is 2.20. The van der Waals surface area contributed by atoms with Crippen LogP contribution in [0.15, 0.2) is 11.3 Å². The third-order valence-electron chi connectivity index (χ3n) is 1.56. The minimum Gasteiger partial charge on any atom is -0.390 e. The first-order chi connectivity index (χ1) is 5.66. The van der Waals surface area contributed by atoms with Gasteiger partial charge in [0.1, 0.15) is 5.69 Å². The SMILES string of the molecule is CC(N)c1ncn(C)c1/N=C\N. The molecule has 0 spiro atoms. The van der Waals surface area contributed by atoms with Gasteiger partial charge >= 0.3 is 0 Å². The lowest BCUT2D eigenvalue weighted by molar-refractivity contribution is 0.787. The minimum absolute atomic E-state index is 0.120. The highest BCUT2D eigenvalue weighted by molar-refractivity contribution is 5.58. The van der Waals surface area contributed by atoms with Gasteiger partial charge < -0.3 is 16.0 Å². The highest BCUT2D eigenvalue weighted by atomic mass is 15.1. The summed E-state index contributed by atoms with van der Waals surface area (Å²) in [6, 6.07) is -0.120. The number of nitrogens with zero attached hydrogens (tertiary/aromatic N) is 3. The number of imidazole rings is 1. The molecule has 66 valence electrons. The Morgan fingerprint density at radius 1 is 1.75 bits per heavy atom. The largest absolute Gasteiger partial charge is 0.390 e. The Hall–Kier alpha value is -1.36. The Morgan fingerprint density at radius 3 is 2.92 bits per heavy atom. The quantitative estimate of drug-likeness (QED) is 0.482. The van der Waals surface area contributed by atoms with Crippen LogP contribution in [0.3, 0.4) is 0 Å². The zero-order valence-electron chi connectivity index (χ0n) is 7.23. The average Bonchev–Trinajstić information content (AvgIpc) is 2.34. The van der Waals surface area contributed by atoms with E-state index in [0.717, 1.165) is 5.69 Å². The van der Waals surface area contributed by atoms with Crippen LogP contribution < -0.4 is 11.5 Å². The van der Waals surface area contributed by atoms with Crippen molar-refractivity contribution in [3.05, 3.63) is 12.0 Å². The van der Waals surface area contributed by atoms with Crippen LogP contribution in [-0.2, 0) is 7.05 Å². The van der Waals surface area contributed by atoms with Crippen LogP contribution in [-0.4, -0.2) is 15.9 Å². The van der Waals surface area contributed by atoms with Gasteiger partial charge in [-0.25, -0.2) is 9.98 Å². The average molecular weight is 167 g/mol. The van der Waals surface area contributed by atoms with E-state index in [1.807, 2.05) is 14.0 Å². The van der Waals surface area contributed by atoms with Gasteiger partial charge in [-0.3, -0.25) is 0 Å². The minimum atomic E-state index is -0.120. The maximum absolute atomic E-state index is 5.67. The van der Waals surface area contributed by atoms with Gasteiger partial charge in [-0.1, -0.05) is 0 Å². The molecule has 5 nitrogen and oxygen atoms in total. The molecule has 0 amide bonds. The van der Waals surface area contributed by atoms with Crippen LogP contribution in [0, 0.1) is 0 Å². The number of aryl methyl sites for hydroxylation is 1. The van der Waals surface area contributed by atoms with Gasteiger partial charge in [0.2, 0.25) is 0 Å². The number of aliphatic imine (C=N–C) groups is 1. The summed E-state index contributed by atoms with van der Waals surface area (Å²) in [5.41, 5.74) is 11.6. The van der Waals surface area contributed by atoms with Crippen molar-refractivity contribution in [3.8, 4) is 0 Å². The van der Waals surface area contributed by atoms with Gasteiger partial charge in [0, 0.05) is 13.1 Å². The summed E-state index contributed by atoms with van der Waals surface area (Å²) in [4.78, 5) is 8.06. The van der Waals surface area contributed by atoms with Gasteiger partial charge in [0.25, 0.3) is 0 Å². The molecule has 0 aliphatic heterocycles. The fraction of sp³-hybridized carbons (Fsp3) is 0.429. The Bertz CT molecular complexity index is 286. The van der Waals surface area contributed by atoms with E-state index in [-0.39, 0.29) is 6.04 Å². The van der Waals surface area contributed by atoms with Crippen LogP contribution in [0.1, 0.15) is 18.7 Å². The van der Waals surface area contributed by atoms with Crippen molar-refractivity contribution >= 4 is 12.2 Å². The molecule has 0 aliphatic rings. The number of hydrogen-bond donors (Lipinski definition) is 2. The van der Waals surface area contributed by atoms with E-state index in [1.54, 1.807) is 10.9 Å². The number of rotatable bonds is 2. The summed E-state index contributed by atoms with van der Waals surface area (Å²) in [7, 11) is 1.85. The monoisotopic (exact) mass is 167 g/mol. The van der Waals surface area contributed by atoms with Gasteiger partial charge in [-0.15, -0.1) is 0 Å². The molecular formula is C7H13N5. The second kappa shape index (κ2) is 3.36. The van der Waals surface area contributed by atoms with Gasteiger partial charge in [0.05, 0.1) is 12.7 Å². The zero-order chi connectivity index (χ0) is 9.14. The van der Waals surface area contributed by atoms with Crippen molar-refractivity contribution in [2.75, 3.05) is 0 Å². The van der Waals surface area contributed by atoms with Crippen molar-refractivity contribution in [2.45, 2.75) is 13.0 Å². The van der Waals surface area contributed by atoms with E-state index in [2.05, 4.69) is 9.98 Å². The molecule has 1 heterocycles. The third-order valence-corrected chi connectivity index (χ3v) is 1.56. The van der Waals surface area contributed by atoms with Gasteiger partial charge in [-0.05, 0) is 6.92 Å². The first-order valence-electron chi connectivity index (χ1n) is 3.68. The molecule has 1 atom stereocenters. The molecule has 1 rings (SSSR count). The molecule has 1 aromatic heterocycles. The Balaban J connectivity index is 3.12. The lowest BCUT2D eigenvalue weighted by Crippen LogP contribution is -2.06. The lowest BCUT2D eigenvalue weighted by atomic mass is 10.2. The van der Waals surface area contributed by atoms with Crippen LogP contribution in [0.2, 0.25) is 0 Å². The fourth-order valence-corrected chi connectivity index (χ4v) is 0.991. The molecule has 4 N–H and O–H groups in total. The Labute approximate surface area is 71.1 Å². The normalized spacial score (nSPS) is 13.9. The van der Waals surface area contributed by atoms with E-state index >= 15 is 0 Å². The molecule has 0 fully saturated rings. The van der Waals surface area contributed by atoms with E-state index in [0.29, 0.717) is 5.82 Å². The van der Waals surface area contributed by atoms with Crippen LogP contribution in [0.4, 0.5) is 5.82 Å². The topological polar surface area (TPSA) is 82.2 Å². The standard InChI is InChI=1S/C7H13N5/c1-5(9)6-7(10-3-8)12(2)4-11-6/h3-5H,9H2,1-2H3,(H2,8,10). The van der Waals surface area contributed by atoms with Crippen LogP contribution in [0.5, 0.6) is 0 Å². The summed E-state index contributed by atoms with van der Waals surface area (Å²) in [5, 5.41) is 0. The fourth-order valence-electron chi connectivity index (χ4n) is 0.991. The molecule has 12 heavy (non-hydrogen) atoms.